The highest BCUT2D eigenvalue weighted by molar-refractivity contribution is 5.95. The number of pyridine rings is 1. The summed E-state index contributed by atoms with van der Waals surface area (Å²) in [5.41, 5.74) is 2.17. The maximum atomic E-state index is 12.3. The first-order valence-electron chi connectivity index (χ1n) is 8.97. The Morgan fingerprint density at radius 3 is 2.69 bits per heavy atom. The van der Waals surface area contributed by atoms with Crippen LogP contribution in [-0.4, -0.2) is 45.0 Å². The average Bonchev–Trinajstić information content (AvgIpc) is 2.92. The van der Waals surface area contributed by atoms with E-state index in [9.17, 15) is 4.79 Å². The molecule has 6 heteroatoms. The number of nitrogens with one attached hydrogen (secondary N) is 1. The number of anilines is 1. The molecule has 0 saturated carbocycles. The summed E-state index contributed by atoms with van der Waals surface area (Å²) in [6, 6.07) is 8.19. The van der Waals surface area contributed by atoms with E-state index in [1.165, 1.54) is 0 Å². The highest BCUT2D eigenvalue weighted by Gasteiger charge is 2.31. The Kier molecular flexibility index (Phi) is 4.20. The zero-order valence-corrected chi connectivity index (χ0v) is 15.4. The van der Waals surface area contributed by atoms with Crippen molar-refractivity contribution in [2.45, 2.75) is 13.8 Å². The minimum absolute atomic E-state index is 0.0555. The second-order valence-electron chi connectivity index (χ2n) is 6.92. The molecule has 3 aromatic rings. The maximum absolute atomic E-state index is 12.3. The Labute approximate surface area is 152 Å². The third-order valence-corrected chi connectivity index (χ3v) is 5.26. The van der Waals surface area contributed by atoms with Gasteiger partial charge < -0.3 is 14.8 Å². The minimum Gasteiger partial charge on any atom is -0.331 e. The molecule has 6 nitrogen and oxygen atoms in total. The van der Waals surface area contributed by atoms with Gasteiger partial charge in [0.05, 0.1) is 17.8 Å². The fourth-order valence-corrected chi connectivity index (χ4v) is 3.36. The molecule has 1 fully saturated rings. The predicted molar refractivity (Wildman–Crippen MR) is 103 cm³/mol. The zero-order valence-electron chi connectivity index (χ0n) is 15.4. The topological polar surface area (TPSA) is 63.1 Å². The Balaban J connectivity index is 1.58. The van der Waals surface area contributed by atoms with E-state index in [4.69, 9.17) is 0 Å². The molecule has 1 aromatic carbocycles. The molecule has 1 aliphatic rings. The van der Waals surface area contributed by atoms with Crippen molar-refractivity contribution in [3.63, 3.8) is 0 Å². The van der Waals surface area contributed by atoms with Crippen molar-refractivity contribution in [2.75, 3.05) is 25.0 Å². The van der Waals surface area contributed by atoms with Crippen LogP contribution in [0.15, 0.2) is 36.7 Å². The summed E-state index contributed by atoms with van der Waals surface area (Å²) in [6.45, 7) is 6.76. The van der Waals surface area contributed by atoms with Crippen molar-refractivity contribution in [1.82, 2.24) is 19.4 Å². The number of hydrogen-bond acceptors (Lipinski definition) is 4. The molecule has 134 valence electrons. The lowest BCUT2D eigenvalue weighted by atomic mass is 9.99. The van der Waals surface area contributed by atoms with Gasteiger partial charge in [-0.15, -0.1) is 0 Å². The van der Waals surface area contributed by atoms with Gasteiger partial charge in [-0.3, -0.25) is 4.79 Å². The first-order valence-corrected chi connectivity index (χ1v) is 8.97. The molecule has 26 heavy (non-hydrogen) atoms. The van der Waals surface area contributed by atoms with Crippen molar-refractivity contribution in [3.05, 3.63) is 42.5 Å². The number of amides is 1. The quantitative estimate of drug-likeness (QED) is 0.787. The fourth-order valence-electron chi connectivity index (χ4n) is 3.36. The van der Waals surface area contributed by atoms with Gasteiger partial charge >= 0.3 is 0 Å². The molecule has 1 saturated heterocycles. The standard InChI is InChI=1S/C20H23N5O/c1-4-25-11-17(12-25)20(26)23-19-8-16-7-14(5-6-15(16)9-22-19)18-10-21-13(2)24(18)3/h5-10,17H,4,11-12H2,1-3H3,(H,22,23,26). The zero-order chi connectivity index (χ0) is 18.3. The van der Waals surface area contributed by atoms with Gasteiger partial charge in [0.25, 0.3) is 0 Å². The number of fused-ring (bicyclic) bond motifs is 1. The van der Waals surface area contributed by atoms with Crippen LogP contribution in [0.1, 0.15) is 12.7 Å². The van der Waals surface area contributed by atoms with Crippen LogP contribution in [0, 0.1) is 12.8 Å². The smallest absolute Gasteiger partial charge is 0.231 e. The lowest BCUT2D eigenvalue weighted by Gasteiger charge is -2.37. The second kappa shape index (κ2) is 6.53. The van der Waals surface area contributed by atoms with Crippen LogP contribution in [0.2, 0.25) is 0 Å². The van der Waals surface area contributed by atoms with Crippen LogP contribution < -0.4 is 5.32 Å². The molecule has 0 radical (unpaired) electrons. The molecule has 0 aliphatic carbocycles. The van der Waals surface area contributed by atoms with Gasteiger partial charge in [0.15, 0.2) is 0 Å². The van der Waals surface area contributed by atoms with E-state index in [1.54, 1.807) is 0 Å². The van der Waals surface area contributed by atoms with Gasteiger partial charge in [-0.2, -0.15) is 0 Å². The second-order valence-corrected chi connectivity index (χ2v) is 6.92. The van der Waals surface area contributed by atoms with Gasteiger partial charge in [0.2, 0.25) is 5.91 Å². The highest BCUT2D eigenvalue weighted by atomic mass is 16.2. The van der Waals surface area contributed by atoms with Crippen molar-refractivity contribution < 1.29 is 4.79 Å². The number of carbonyl (C=O) groups is 1. The molecule has 1 N–H and O–H groups in total. The van der Waals surface area contributed by atoms with E-state index >= 15 is 0 Å². The minimum atomic E-state index is 0.0555. The summed E-state index contributed by atoms with van der Waals surface area (Å²) >= 11 is 0. The monoisotopic (exact) mass is 349 g/mol. The van der Waals surface area contributed by atoms with Gasteiger partial charge in [0.1, 0.15) is 11.6 Å². The van der Waals surface area contributed by atoms with E-state index in [1.807, 2.05) is 32.4 Å². The summed E-state index contributed by atoms with van der Waals surface area (Å²) in [5.74, 6) is 1.70. The molecule has 0 spiro atoms. The van der Waals surface area contributed by atoms with Crippen LogP contribution in [0.5, 0.6) is 0 Å². The first kappa shape index (κ1) is 16.7. The molecule has 1 amide bonds. The number of nitrogens with zero attached hydrogens (tertiary/aromatic N) is 4. The Bertz CT molecular complexity index is 971. The number of likely N-dealkylation sites (tertiary alicyclic amines) is 1. The third-order valence-electron chi connectivity index (χ3n) is 5.26. The number of benzene rings is 1. The largest absolute Gasteiger partial charge is 0.331 e. The summed E-state index contributed by atoms with van der Waals surface area (Å²) < 4.78 is 2.07. The highest BCUT2D eigenvalue weighted by Crippen LogP contribution is 2.26. The molecule has 0 unspecified atom stereocenters. The van der Waals surface area contributed by atoms with Crippen molar-refractivity contribution in [3.8, 4) is 11.3 Å². The summed E-state index contributed by atoms with van der Waals surface area (Å²) in [4.78, 5) is 23.3. The van der Waals surface area contributed by atoms with Gasteiger partial charge in [-0.25, -0.2) is 9.97 Å². The van der Waals surface area contributed by atoms with Gasteiger partial charge in [0, 0.05) is 37.3 Å². The van der Waals surface area contributed by atoms with Crippen molar-refractivity contribution in [2.24, 2.45) is 13.0 Å². The van der Waals surface area contributed by atoms with Crippen LogP contribution in [0.4, 0.5) is 5.82 Å². The SMILES string of the molecule is CCN1CC(C(=O)Nc2cc3cc(-c4cnc(C)n4C)ccc3cn2)C1. The van der Waals surface area contributed by atoms with E-state index in [0.29, 0.717) is 5.82 Å². The summed E-state index contributed by atoms with van der Waals surface area (Å²) in [5, 5.41) is 5.06. The number of rotatable bonds is 4. The number of imidazole rings is 1. The molecule has 1 aliphatic heterocycles. The van der Waals surface area contributed by atoms with Crippen molar-refractivity contribution >= 4 is 22.5 Å². The average molecular weight is 349 g/mol. The molecular formula is C20H23N5O. The number of aryl methyl sites for hydroxylation is 1. The Morgan fingerprint density at radius 2 is 2.00 bits per heavy atom. The lowest BCUT2D eigenvalue weighted by Crippen LogP contribution is -2.51. The van der Waals surface area contributed by atoms with E-state index in [0.717, 1.165) is 47.5 Å². The van der Waals surface area contributed by atoms with Crippen LogP contribution in [-0.2, 0) is 11.8 Å². The number of hydrogen-bond donors (Lipinski definition) is 1. The van der Waals surface area contributed by atoms with Crippen LogP contribution in [0.3, 0.4) is 0 Å². The fraction of sp³-hybridized carbons (Fsp3) is 0.350. The van der Waals surface area contributed by atoms with E-state index < -0.39 is 0 Å². The first-order chi connectivity index (χ1) is 12.5. The normalized spacial score (nSPS) is 15.2. The molecule has 3 heterocycles. The Morgan fingerprint density at radius 1 is 1.19 bits per heavy atom. The maximum Gasteiger partial charge on any atom is 0.231 e. The van der Waals surface area contributed by atoms with Gasteiger partial charge in [-0.05, 0) is 31.0 Å². The Hall–Kier alpha value is -2.73. The molecule has 0 atom stereocenters. The summed E-state index contributed by atoms with van der Waals surface area (Å²) in [7, 11) is 2.01. The molecular weight excluding hydrogens is 326 g/mol. The molecule has 2 aromatic heterocycles. The molecule has 4 rings (SSSR count). The summed E-state index contributed by atoms with van der Waals surface area (Å²) in [6.07, 6.45) is 3.69. The van der Waals surface area contributed by atoms with Gasteiger partial charge in [-0.1, -0.05) is 19.1 Å². The molecule has 0 bridgehead atoms. The number of aromatic nitrogens is 3. The third kappa shape index (κ3) is 2.97. The lowest BCUT2D eigenvalue weighted by molar-refractivity contribution is -0.124. The van der Waals surface area contributed by atoms with E-state index in [2.05, 4.69) is 49.9 Å². The van der Waals surface area contributed by atoms with Crippen LogP contribution in [0.25, 0.3) is 22.0 Å². The van der Waals surface area contributed by atoms with Crippen molar-refractivity contribution in [1.29, 1.82) is 0 Å². The predicted octanol–water partition coefficient (Wildman–Crippen LogP) is 2.83. The van der Waals surface area contributed by atoms with E-state index in [-0.39, 0.29) is 11.8 Å². The number of carbonyl (C=O) groups excluding carboxylic acids is 1. The van der Waals surface area contributed by atoms with Crippen LogP contribution >= 0.6 is 0 Å².